The molecule has 4 rings (SSSR count). The number of aromatic nitrogens is 2. The number of nitrogens with zero attached hydrogens (tertiary/aromatic N) is 4. The molecular weight excluding hydrogens is 296 g/mol. The third-order valence-electron chi connectivity index (χ3n) is 4.26. The third kappa shape index (κ3) is 3.29. The Hall–Kier alpha value is -2.72. The van der Waals surface area contributed by atoms with Gasteiger partial charge in [-0.2, -0.15) is 0 Å². The number of fused-ring (bicyclic) bond motifs is 1. The molecule has 4 nitrogen and oxygen atoms in total. The summed E-state index contributed by atoms with van der Waals surface area (Å²) in [6.45, 7) is 3.46. The van der Waals surface area contributed by atoms with E-state index in [0.717, 1.165) is 37.8 Å². The second-order valence-corrected chi connectivity index (χ2v) is 6.12. The predicted molar refractivity (Wildman–Crippen MR) is 95.2 cm³/mol. The van der Waals surface area contributed by atoms with Crippen molar-refractivity contribution in [2.24, 2.45) is 0 Å². The molecule has 0 saturated carbocycles. The van der Waals surface area contributed by atoms with Crippen molar-refractivity contribution < 1.29 is 0 Å². The van der Waals surface area contributed by atoms with Gasteiger partial charge in [-0.05, 0) is 11.1 Å². The molecule has 0 atom stereocenters. The normalized spacial score (nSPS) is 14.4. The van der Waals surface area contributed by atoms with Crippen LogP contribution in [0.3, 0.4) is 0 Å². The maximum absolute atomic E-state index is 4.58. The van der Waals surface area contributed by atoms with Crippen molar-refractivity contribution in [2.75, 3.05) is 11.6 Å². The minimum atomic E-state index is 0.837. The topological polar surface area (TPSA) is 32.3 Å². The average Bonchev–Trinajstić information content (AvgIpc) is 2.63. The quantitative estimate of drug-likeness (QED) is 0.738. The van der Waals surface area contributed by atoms with Gasteiger partial charge in [-0.15, -0.1) is 0 Å². The van der Waals surface area contributed by atoms with Gasteiger partial charge in [0.05, 0.1) is 12.4 Å². The van der Waals surface area contributed by atoms with E-state index in [-0.39, 0.29) is 0 Å². The summed E-state index contributed by atoms with van der Waals surface area (Å²) in [7, 11) is 0. The van der Waals surface area contributed by atoms with E-state index in [1.807, 2.05) is 0 Å². The zero-order chi connectivity index (χ0) is 16.2. The summed E-state index contributed by atoms with van der Waals surface area (Å²) in [5, 5.41) is 0. The SMILES string of the molecule is c1ccc(CN2Cc3nccnc3N(Cc3ccccc3)C2)cc1. The molecule has 2 aromatic carbocycles. The van der Waals surface area contributed by atoms with Gasteiger partial charge in [0.15, 0.2) is 5.82 Å². The average molecular weight is 316 g/mol. The first-order valence-corrected chi connectivity index (χ1v) is 8.23. The summed E-state index contributed by atoms with van der Waals surface area (Å²) in [6, 6.07) is 21.1. The van der Waals surface area contributed by atoms with Crippen molar-refractivity contribution in [1.82, 2.24) is 14.9 Å². The Bertz CT molecular complexity index is 789. The van der Waals surface area contributed by atoms with E-state index in [9.17, 15) is 0 Å². The molecule has 1 aromatic heterocycles. The van der Waals surface area contributed by atoms with Crippen molar-refractivity contribution >= 4 is 5.82 Å². The second kappa shape index (κ2) is 6.81. The van der Waals surface area contributed by atoms with Crippen molar-refractivity contribution in [3.05, 3.63) is 89.9 Å². The smallest absolute Gasteiger partial charge is 0.153 e. The first-order valence-electron chi connectivity index (χ1n) is 8.23. The van der Waals surface area contributed by atoms with Crippen molar-refractivity contribution in [3.63, 3.8) is 0 Å². The fourth-order valence-corrected chi connectivity index (χ4v) is 3.18. The second-order valence-electron chi connectivity index (χ2n) is 6.12. The van der Waals surface area contributed by atoms with Gasteiger partial charge >= 0.3 is 0 Å². The van der Waals surface area contributed by atoms with Crippen LogP contribution in [0.1, 0.15) is 16.8 Å². The Kier molecular flexibility index (Phi) is 4.21. The Balaban J connectivity index is 1.58. The lowest BCUT2D eigenvalue weighted by molar-refractivity contribution is 0.237. The molecular formula is C20H20N4. The van der Waals surface area contributed by atoms with Crippen LogP contribution in [-0.2, 0) is 19.6 Å². The minimum absolute atomic E-state index is 0.837. The monoisotopic (exact) mass is 316 g/mol. The highest BCUT2D eigenvalue weighted by Gasteiger charge is 2.24. The third-order valence-corrected chi connectivity index (χ3v) is 4.26. The Morgan fingerprint density at radius 3 is 2.08 bits per heavy atom. The molecule has 0 bridgehead atoms. The molecule has 2 heterocycles. The first-order chi connectivity index (χ1) is 11.9. The van der Waals surface area contributed by atoms with Gasteiger partial charge in [-0.25, -0.2) is 4.98 Å². The molecule has 0 spiro atoms. The highest BCUT2D eigenvalue weighted by Crippen LogP contribution is 2.25. The van der Waals surface area contributed by atoms with Gasteiger partial charge in [0.25, 0.3) is 0 Å². The number of rotatable bonds is 4. The van der Waals surface area contributed by atoms with Crippen LogP contribution in [0.4, 0.5) is 5.82 Å². The summed E-state index contributed by atoms with van der Waals surface area (Å²) in [5.41, 5.74) is 3.66. The van der Waals surface area contributed by atoms with E-state index < -0.39 is 0 Å². The fraction of sp³-hybridized carbons (Fsp3) is 0.200. The van der Waals surface area contributed by atoms with Gasteiger partial charge in [0, 0.05) is 32.0 Å². The Morgan fingerprint density at radius 2 is 1.38 bits per heavy atom. The maximum Gasteiger partial charge on any atom is 0.153 e. The van der Waals surface area contributed by atoms with Crippen LogP contribution in [0.5, 0.6) is 0 Å². The zero-order valence-corrected chi connectivity index (χ0v) is 13.5. The van der Waals surface area contributed by atoms with Crippen LogP contribution in [-0.4, -0.2) is 21.5 Å². The van der Waals surface area contributed by atoms with E-state index in [0.29, 0.717) is 0 Å². The van der Waals surface area contributed by atoms with E-state index in [2.05, 4.69) is 80.4 Å². The number of hydrogen-bond donors (Lipinski definition) is 0. The molecule has 0 amide bonds. The van der Waals surface area contributed by atoms with E-state index >= 15 is 0 Å². The van der Waals surface area contributed by atoms with Crippen molar-refractivity contribution in [3.8, 4) is 0 Å². The fourth-order valence-electron chi connectivity index (χ4n) is 3.18. The van der Waals surface area contributed by atoms with Crippen molar-refractivity contribution in [1.29, 1.82) is 0 Å². The summed E-state index contributed by atoms with van der Waals surface area (Å²) >= 11 is 0. The first kappa shape index (κ1) is 14.8. The highest BCUT2D eigenvalue weighted by atomic mass is 15.4. The van der Waals surface area contributed by atoms with Crippen LogP contribution in [0.2, 0.25) is 0 Å². The molecule has 0 N–H and O–H groups in total. The number of hydrogen-bond acceptors (Lipinski definition) is 4. The summed E-state index contributed by atoms with van der Waals surface area (Å²) in [5.74, 6) is 1.01. The molecule has 0 aliphatic carbocycles. The molecule has 0 unspecified atom stereocenters. The van der Waals surface area contributed by atoms with E-state index in [1.54, 1.807) is 12.4 Å². The van der Waals surface area contributed by atoms with Gasteiger partial charge in [-0.3, -0.25) is 9.88 Å². The lowest BCUT2D eigenvalue weighted by Crippen LogP contribution is -2.42. The molecule has 1 aliphatic heterocycles. The predicted octanol–water partition coefficient (Wildman–Crippen LogP) is 3.46. The molecule has 4 heteroatoms. The van der Waals surface area contributed by atoms with E-state index in [1.165, 1.54) is 11.1 Å². The van der Waals surface area contributed by atoms with E-state index in [4.69, 9.17) is 0 Å². The minimum Gasteiger partial charge on any atom is -0.338 e. The highest BCUT2D eigenvalue weighted by molar-refractivity contribution is 5.45. The molecule has 0 saturated heterocycles. The zero-order valence-electron chi connectivity index (χ0n) is 13.5. The van der Waals surface area contributed by atoms with Crippen molar-refractivity contribution in [2.45, 2.75) is 19.6 Å². The number of anilines is 1. The molecule has 3 aromatic rings. The standard InChI is InChI=1S/C20H20N4/c1-3-7-17(8-4-1)13-23-15-19-20(22-12-11-21-19)24(16-23)14-18-9-5-2-6-10-18/h1-12H,13-16H2. The summed E-state index contributed by atoms with van der Waals surface area (Å²) in [4.78, 5) is 13.9. The Labute approximate surface area is 142 Å². The Morgan fingerprint density at radius 1 is 0.750 bits per heavy atom. The van der Waals surface area contributed by atoms with Crippen LogP contribution in [0.25, 0.3) is 0 Å². The lowest BCUT2D eigenvalue weighted by Gasteiger charge is -2.36. The van der Waals surface area contributed by atoms with Crippen LogP contribution < -0.4 is 4.90 Å². The molecule has 0 radical (unpaired) electrons. The summed E-state index contributed by atoms with van der Waals surface area (Å²) < 4.78 is 0. The van der Waals surface area contributed by atoms with Gasteiger partial charge in [-0.1, -0.05) is 60.7 Å². The molecule has 0 fully saturated rings. The van der Waals surface area contributed by atoms with Crippen LogP contribution in [0.15, 0.2) is 73.1 Å². The molecule has 120 valence electrons. The van der Waals surface area contributed by atoms with Crippen LogP contribution in [0, 0.1) is 0 Å². The van der Waals surface area contributed by atoms with Gasteiger partial charge in [0.2, 0.25) is 0 Å². The largest absolute Gasteiger partial charge is 0.338 e. The van der Waals surface area contributed by atoms with Gasteiger partial charge in [0.1, 0.15) is 0 Å². The van der Waals surface area contributed by atoms with Gasteiger partial charge < -0.3 is 4.90 Å². The lowest BCUT2D eigenvalue weighted by atomic mass is 10.1. The molecule has 24 heavy (non-hydrogen) atoms. The maximum atomic E-state index is 4.58. The number of benzene rings is 2. The van der Waals surface area contributed by atoms with Crippen LogP contribution >= 0.6 is 0 Å². The summed E-state index contributed by atoms with van der Waals surface area (Å²) in [6.07, 6.45) is 3.56. The molecule has 1 aliphatic rings.